The molecule has 3 N–H and O–H groups in total. The van der Waals surface area contributed by atoms with Crippen molar-refractivity contribution in [1.82, 2.24) is 10.4 Å². The van der Waals surface area contributed by atoms with E-state index in [0.29, 0.717) is 11.7 Å². The maximum Gasteiger partial charge on any atom is 0.228 e. The molecule has 1 heterocycles. The van der Waals surface area contributed by atoms with Gasteiger partial charge in [-0.05, 0) is 43.0 Å². The van der Waals surface area contributed by atoms with Gasteiger partial charge in [0.05, 0.1) is 17.6 Å². The highest BCUT2D eigenvalue weighted by atomic mass is 19.1. The number of nitrogens with two attached hydrogens (primary N) is 1. The monoisotopic (exact) mass is 315 g/mol. The SMILES string of the molecule is CC1C=C(N2NC(N)C=C2c2cccc(OCF)c2)C=CCC1. The Labute approximate surface area is 136 Å². The molecule has 0 saturated carbocycles. The summed E-state index contributed by atoms with van der Waals surface area (Å²) in [5, 5.41) is 2.00. The van der Waals surface area contributed by atoms with Gasteiger partial charge >= 0.3 is 0 Å². The van der Waals surface area contributed by atoms with Crippen LogP contribution in [0.25, 0.3) is 5.70 Å². The van der Waals surface area contributed by atoms with E-state index in [1.165, 1.54) is 0 Å². The lowest BCUT2D eigenvalue weighted by Crippen LogP contribution is -2.40. The van der Waals surface area contributed by atoms with Crippen LogP contribution in [0.2, 0.25) is 0 Å². The fourth-order valence-corrected chi connectivity index (χ4v) is 2.89. The molecule has 0 aromatic heterocycles. The summed E-state index contributed by atoms with van der Waals surface area (Å²) in [7, 11) is 0. The van der Waals surface area contributed by atoms with Crippen molar-refractivity contribution in [3.63, 3.8) is 0 Å². The van der Waals surface area contributed by atoms with Crippen LogP contribution in [-0.2, 0) is 0 Å². The fourth-order valence-electron chi connectivity index (χ4n) is 2.89. The molecule has 2 atom stereocenters. The van der Waals surface area contributed by atoms with Gasteiger partial charge in [-0.2, -0.15) is 0 Å². The van der Waals surface area contributed by atoms with E-state index >= 15 is 0 Å². The van der Waals surface area contributed by atoms with Crippen molar-refractivity contribution >= 4 is 5.70 Å². The van der Waals surface area contributed by atoms with Gasteiger partial charge in [0, 0.05) is 5.56 Å². The third kappa shape index (κ3) is 3.63. The third-order valence-electron chi connectivity index (χ3n) is 4.00. The number of alkyl halides is 1. The smallest absolute Gasteiger partial charge is 0.228 e. The number of nitrogens with one attached hydrogen (secondary N) is 1. The first-order valence-corrected chi connectivity index (χ1v) is 7.88. The number of nitrogens with zero attached hydrogens (tertiary/aromatic N) is 1. The van der Waals surface area contributed by atoms with Crippen LogP contribution in [0.4, 0.5) is 4.39 Å². The van der Waals surface area contributed by atoms with Crippen LogP contribution in [0.3, 0.4) is 0 Å². The molecule has 2 unspecified atom stereocenters. The zero-order chi connectivity index (χ0) is 16.2. The summed E-state index contributed by atoms with van der Waals surface area (Å²) in [6, 6.07) is 7.38. The van der Waals surface area contributed by atoms with Gasteiger partial charge in [-0.3, -0.25) is 5.01 Å². The number of hydrazine groups is 1. The molecule has 3 rings (SSSR count). The molecule has 1 aliphatic heterocycles. The molecule has 5 heteroatoms. The molecule has 1 aliphatic carbocycles. The lowest BCUT2D eigenvalue weighted by Gasteiger charge is -2.25. The van der Waals surface area contributed by atoms with Gasteiger partial charge < -0.3 is 10.5 Å². The summed E-state index contributed by atoms with van der Waals surface area (Å²) in [4.78, 5) is 0. The fraction of sp³-hybridized carbons (Fsp3) is 0.333. The normalized spacial score (nSPS) is 24.2. The van der Waals surface area contributed by atoms with Gasteiger partial charge in [0.1, 0.15) is 5.75 Å². The van der Waals surface area contributed by atoms with Gasteiger partial charge in [0.2, 0.25) is 6.86 Å². The minimum absolute atomic E-state index is 0.261. The Kier molecular flexibility index (Phi) is 4.79. The van der Waals surface area contributed by atoms with Crippen molar-refractivity contribution in [3.8, 4) is 5.75 Å². The van der Waals surface area contributed by atoms with Gasteiger partial charge in [-0.1, -0.05) is 31.2 Å². The summed E-state index contributed by atoms with van der Waals surface area (Å²) < 4.78 is 17.4. The van der Waals surface area contributed by atoms with Gasteiger partial charge in [0.25, 0.3) is 0 Å². The predicted octanol–water partition coefficient (Wildman–Crippen LogP) is 3.31. The van der Waals surface area contributed by atoms with E-state index in [-0.39, 0.29) is 6.17 Å². The zero-order valence-electron chi connectivity index (χ0n) is 13.2. The summed E-state index contributed by atoms with van der Waals surface area (Å²) in [6.07, 6.45) is 10.4. The van der Waals surface area contributed by atoms with Crippen LogP contribution in [0.1, 0.15) is 25.3 Å². The van der Waals surface area contributed by atoms with E-state index in [1.54, 1.807) is 6.07 Å². The highest BCUT2D eigenvalue weighted by Gasteiger charge is 2.24. The second-order valence-corrected chi connectivity index (χ2v) is 5.87. The van der Waals surface area contributed by atoms with E-state index < -0.39 is 6.86 Å². The Hall–Kier alpha value is -2.11. The van der Waals surface area contributed by atoms with E-state index in [1.807, 2.05) is 29.3 Å². The highest BCUT2D eigenvalue weighted by molar-refractivity contribution is 5.69. The summed E-state index contributed by atoms with van der Waals surface area (Å²) in [5.41, 5.74) is 12.3. The Morgan fingerprint density at radius 3 is 3.09 bits per heavy atom. The molecule has 1 aromatic carbocycles. The maximum atomic E-state index is 12.4. The van der Waals surface area contributed by atoms with E-state index in [4.69, 9.17) is 10.5 Å². The Bertz CT molecular complexity index is 653. The summed E-state index contributed by atoms with van der Waals surface area (Å²) in [5.74, 6) is 1.01. The second kappa shape index (κ2) is 6.98. The molecule has 0 amide bonds. The lowest BCUT2D eigenvalue weighted by molar-refractivity contribution is 0.191. The molecule has 0 saturated heterocycles. The average molecular weight is 315 g/mol. The molecule has 1 aromatic rings. The van der Waals surface area contributed by atoms with Crippen LogP contribution < -0.4 is 15.9 Å². The first-order chi connectivity index (χ1) is 11.2. The standard InChI is InChI=1S/C18H22FN3O/c1-13-5-2-3-7-15(9-13)22-17(11-18(20)21-22)14-6-4-8-16(10-14)23-12-19/h3-4,6-11,13,18,21H,2,5,12,20H2,1H3. The van der Waals surface area contributed by atoms with Crippen molar-refractivity contribution in [1.29, 1.82) is 0 Å². The predicted molar refractivity (Wildman–Crippen MR) is 89.6 cm³/mol. The topological polar surface area (TPSA) is 50.5 Å². The molecule has 0 fully saturated rings. The third-order valence-corrected chi connectivity index (χ3v) is 4.00. The first kappa shape index (κ1) is 15.8. The molecular weight excluding hydrogens is 293 g/mol. The van der Waals surface area contributed by atoms with Crippen LogP contribution in [-0.4, -0.2) is 18.0 Å². The minimum Gasteiger partial charge on any atom is -0.463 e. The van der Waals surface area contributed by atoms with Crippen molar-refractivity contribution in [2.24, 2.45) is 11.7 Å². The molecular formula is C18H22FN3O. The molecule has 23 heavy (non-hydrogen) atoms. The summed E-state index contributed by atoms with van der Waals surface area (Å²) >= 11 is 0. The van der Waals surface area contributed by atoms with E-state index in [2.05, 4.69) is 30.6 Å². The second-order valence-electron chi connectivity index (χ2n) is 5.87. The van der Waals surface area contributed by atoms with Crippen molar-refractivity contribution in [3.05, 3.63) is 59.8 Å². The van der Waals surface area contributed by atoms with Crippen LogP contribution in [0.15, 0.2) is 54.3 Å². The lowest BCUT2D eigenvalue weighted by atomic mass is 10.1. The van der Waals surface area contributed by atoms with Crippen LogP contribution in [0, 0.1) is 5.92 Å². The van der Waals surface area contributed by atoms with Gasteiger partial charge in [-0.15, -0.1) is 0 Å². The average Bonchev–Trinajstić information content (AvgIpc) is 2.79. The van der Waals surface area contributed by atoms with E-state index in [0.717, 1.165) is 29.8 Å². The molecule has 0 spiro atoms. The molecule has 0 radical (unpaired) electrons. The van der Waals surface area contributed by atoms with Gasteiger partial charge in [-0.25, -0.2) is 9.82 Å². The number of hydrogen-bond donors (Lipinski definition) is 2. The van der Waals surface area contributed by atoms with Crippen molar-refractivity contribution < 1.29 is 9.13 Å². The maximum absolute atomic E-state index is 12.4. The number of benzene rings is 1. The number of hydrogen-bond acceptors (Lipinski definition) is 4. The largest absolute Gasteiger partial charge is 0.463 e. The molecule has 0 bridgehead atoms. The van der Waals surface area contributed by atoms with Crippen molar-refractivity contribution in [2.45, 2.75) is 25.9 Å². The Balaban J connectivity index is 1.93. The van der Waals surface area contributed by atoms with E-state index in [9.17, 15) is 4.39 Å². The highest BCUT2D eigenvalue weighted by Crippen LogP contribution is 2.30. The first-order valence-electron chi connectivity index (χ1n) is 7.88. The minimum atomic E-state index is -0.838. The molecule has 2 aliphatic rings. The van der Waals surface area contributed by atoms with Gasteiger partial charge in [0.15, 0.2) is 0 Å². The number of ether oxygens (including phenoxy) is 1. The molecule has 4 nitrogen and oxygen atoms in total. The quantitative estimate of drug-likeness (QED) is 0.895. The summed E-state index contributed by atoms with van der Waals surface area (Å²) in [6.45, 7) is 1.37. The number of allylic oxidation sites excluding steroid dienone is 3. The Morgan fingerprint density at radius 2 is 2.26 bits per heavy atom. The van der Waals surface area contributed by atoms with Crippen molar-refractivity contribution in [2.75, 3.05) is 6.86 Å². The number of rotatable bonds is 4. The number of halogens is 1. The van der Waals surface area contributed by atoms with Crippen LogP contribution >= 0.6 is 0 Å². The zero-order valence-corrected chi connectivity index (χ0v) is 13.2. The molecule has 122 valence electrons. The van der Waals surface area contributed by atoms with Crippen LogP contribution in [0.5, 0.6) is 5.75 Å². The Morgan fingerprint density at radius 1 is 1.39 bits per heavy atom.